The summed E-state index contributed by atoms with van der Waals surface area (Å²) in [5.74, 6) is 0.645. The summed E-state index contributed by atoms with van der Waals surface area (Å²) < 4.78 is 12.6. The highest BCUT2D eigenvalue weighted by Gasteiger charge is 2.26. The van der Waals surface area contributed by atoms with Crippen LogP contribution in [0.1, 0.15) is 32.3 Å². The number of rotatable bonds is 3. The molecule has 1 aliphatic rings. The molecule has 1 aromatic rings. The summed E-state index contributed by atoms with van der Waals surface area (Å²) in [7, 11) is 0. The molecule has 0 radical (unpaired) electrons. The highest BCUT2D eigenvalue weighted by atomic mass is 79.9. The molecule has 0 saturated carbocycles. The van der Waals surface area contributed by atoms with Crippen molar-refractivity contribution in [1.29, 1.82) is 0 Å². The highest BCUT2D eigenvalue weighted by molar-refractivity contribution is 9.10. The Hall–Kier alpha value is -0.650. The van der Waals surface area contributed by atoms with Crippen LogP contribution in [0.5, 0.6) is 5.88 Å². The van der Waals surface area contributed by atoms with Crippen LogP contribution < -0.4 is 10.5 Å². The Labute approximate surface area is 116 Å². The summed E-state index contributed by atoms with van der Waals surface area (Å²) in [6.07, 6.45) is 4.15. The fourth-order valence-corrected chi connectivity index (χ4v) is 2.70. The largest absolute Gasteiger partial charge is 0.474 e. The van der Waals surface area contributed by atoms with Crippen LogP contribution in [0, 0.1) is 0 Å². The summed E-state index contributed by atoms with van der Waals surface area (Å²) in [5, 5.41) is 0. The molecule has 1 fully saturated rings. The van der Waals surface area contributed by atoms with E-state index in [2.05, 4.69) is 34.8 Å². The fraction of sp³-hybridized carbons (Fsp3) is 0.615. The molecular formula is C13H19BrN2O2. The number of nitrogens with zero attached hydrogens (tertiary/aromatic N) is 1. The summed E-state index contributed by atoms with van der Waals surface area (Å²) in [6, 6.07) is 1.95. The van der Waals surface area contributed by atoms with Crippen LogP contribution in [0.4, 0.5) is 0 Å². The predicted molar refractivity (Wildman–Crippen MR) is 73.5 cm³/mol. The van der Waals surface area contributed by atoms with Gasteiger partial charge >= 0.3 is 0 Å². The lowest BCUT2D eigenvalue weighted by molar-refractivity contribution is -0.0731. The molecule has 1 saturated heterocycles. The van der Waals surface area contributed by atoms with Crippen LogP contribution in [0.15, 0.2) is 16.7 Å². The molecule has 2 heterocycles. The lowest BCUT2D eigenvalue weighted by Gasteiger charge is -2.32. The normalized spacial score (nSPS) is 28.1. The zero-order valence-corrected chi connectivity index (χ0v) is 12.3. The third kappa shape index (κ3) is 3.43. The van der Waals surface area contributed by atoms with Crippen molar-refractivity contribution in [2.24, 2.45) is 5.73 Å². The quantitative estimate of drug-likeness (QED) is 0.931. The number of pyridine rings is 1. The molecule has 100 valence electrons. The summed E-state index contributed by atoms with van der Waals surface area (Å²) in [6.45, 7) is 4.58. The van der Waals surface area contributed by atoms with Crippen molar-refractivity contribution in [3.05, 3.63) is 22.3 Å². The van der Waals surface area contributed by atoms with E-state index in [1.807, 2.05) is 6.07 Å². The van der Waals surface area contributed by atoms with E-state index in [-0.39, 0.29) is 18.3 Å². The molecule has 2 rings (SSSR count). The minimum Gasteiger partial charge on any atom is -0.474 e. The monoisotopic (exact) mass is 314 g/mol. The summed E-state index contributed by atoms with van der Waals surface area (Å²) >= 11 is 3.39. The van der Waals surface area contributed by atoms with E-state index in [9.17, 15) is 0 Å². The van der Waals surface area contributed by atoms with E-state index >= 15 is 0 Å². The van der Waals surface area contributed by atoms with Gasteiger partial charge in [0.25, 0.3) is 0 Å². The maximum absolute atomic E-state index is 5.98. The van der Waals surface area contributed by atoms with Gasteiger partial charge in [0, 0.05) is 35.6 Å². The molecule has 2 unspecified atom stereocenters. The molecular weight excluding hydrogens is 296 g/mol. The first-order chi connectivity index (χ1) is 8.58. The van der Waals surface area contributed by atoms with Gasteiger partial charge in [0.05, 0.1) is 12.2 Å². The van der Waals surface area contributed by atoms with Crippen LogP contribution in [-0.4, -0.2) is 23.3 Å². The van der Waals surface area contributed by atoms with Gasteiger partial charge in [-0.2, -0.15) is 0 Å². The van der Waals surface area contributed by atoms with Gasteiger partial charge in [0.1, 0.15) is 6.10 Å². The molecule has 1 aliphatic heterocycles. The first-order valence-corrected chi connectivity index (χ1v) is 7.04. The van der Waals surface area contributed by atoms with E-state index in [1.165, 1.54) is 0 Å². The predicted octanol–water partition coefficient (Wildman–Crippen LogP) is 2.64. The summed E-state index contributed by atoms with van der Waals surface area (Å²) in [4.78, 5) is 4.30. The molecule has 0 aliphatic carbocycles. The van der Waals surface area contributed by atoms with Crippen molar-refractivity contribution >= 4 is 15.9 Å². The van der Waals surface area contributed by atoms with E-state index in [0.717, 1.165) is 22.9 Å². The van der Waals surface area contributed by atoms with Gasteiger partial charge in [-0.05, 0) is 35.8 Å². The Balaban J connectivity index is 2.08. The first-order valence-electron chi connectivity index (χ1n) is 6.25. The first kappa shape index (κ1) is 13.8. The lowest BCUT2D eigenvalue weighted by Crippen LogP contribution is -2.36. The van der Waals surface area contributed by atoms with E-state index in [0.29, 0.717) is 12.4 Å². The standard InChI is InChI=1S/C13H19BrN2O2/c1-8-3-12(4-9(2)17-8)18-13-10(6-15)5-11(14)7-16-13/h5,7-9,12H,3-4,6,15H2,1-2H3. The van der Waals surface area contributed by atoms with Crippen LogP contribution in [0.3, 0.4) is 0 Å². The maximum Gasteiger partial charge on any atom is 0.218 e. The molecule has 5 heteroatoms. The second kappa shape index (κ2) is 5.99. The Morgan fingerprint density at radius 2 is 2.11 bits per heavy atom. The van der Waals surface area contributed by atoms with Crippen molar-refractivity contribution in [1.82, 2.24) is 4.98 Å². The van der Waals surface area contributed by atoms with Crippen LogP contribution in [0.2, 0.25) is 0 Å². The van der Waals surface area contributed by atoms with Crippen LogP contribution >= 0.6 is 15.9 Å². The number of halogens is 1. The van der Waals surface area contributed by atoms with Crippen molar-refractivity contribution in [2.45, 2.75) is 51.5 Å². The molecule has 0 aromatic carbocycles. The third-order valence-electron chi connectivity index (χ3n) is 3.04. The molecule has 2 atom stereocenters. The minimum atomic E-state index is 0.155. The van der Waals surface area contributed by atoms with Gasteiger partial charge in [-0.1, -0.05) is 0 Å². The molecule has 0 bridgehead atoms. The van der Waals surface area contributed by atoms with E-state index < -0.39 is 0 Å². The average molecular weight is 315 g/mol. The van der Waals surface area contributed by atoms with Crippen molar-refractivity contribution in [3.8, 4) is 5.88 Å². The summed E-state index contributed by atoms with van der Waals surface area (Å²) in [5.41, 5.74) is 6.64. The zero-order chi connectivity index (χ0) is 13.1. The lowest BCUT2D eigenvalue weighted by atomic mass is 10.0. The molecule has 4 nitrogen and oxygen atoms in total. The Morgan fingerprint density at radius 1 is 1.44 bits per heavy atom. The molecule has 1 aromatic heterocycles. The Kier molecular flexibility index (Phi) is 4.59. The average Bonchev–Trinajstić information content (AvgIpc) is 2.30. The topological polar surface area (TPSA) is 57.4 Å². The molecule has 0 amide bonds. The van der Waals surface area contributed by atoms with Crippen molar-refractivity contribution in [3.63, 3.8) is 0 Å². The third-order valence-corrected chi connectivity index (χ3v) is 3.48. The van der Waals surface area contributed by atoms with E-state index in [1.54, 1.807) is 6.20 Å². The van der Waals surface area contributed by atoms with Crippen molar-refractivity contribution in [2.75, 3.05) is 0 Å². The SMILES string of the molecule is CC1CC(Oc2ncc(Br)cc2CN)CC(C)O1. The van der Waals surface area contributed by atoms with Gasteiger partial charge in [0.15, 0.2) is 0 Å². The van der Waals surface area contributed by atoms with Gasteiger partial charge in [-0.3, -0.25) is 0 Å². The fourth-order valence-electron chi connectivity index (χ4n) is 2.32. The zero-order valence-electron chi connectivity index (χ0n) is 10.7. The highest BCUT2D eigenvalue weighted by Crippen LogP contribution is 2.26. The van der Waals surface area contributed by atoms with E-state index in [4.69, 9.17) is 15.2 Å². The Morgan fingerprint density at radius 3 is 2.72 bits per heavy atom. The minimum absolute atomic E-state index is 0.155. The smallest absolute Gasteiger partial charge is 0.218 e. The molecule has 2 N–H and O–H groups in total. The number of hydrogen-bond acceptors (Lipinski definition) is 4. The second-order valence-corrected chi connectivity index (χ2v) is 5.71. The van der Waals surface area contributed by atoms with Gasteiger partial charge < -0.3 is 15.2 Å². The van der Waals surface area contributed by atoms with Crippen molar-refractivity contribution < 1.29 is 9.47 Å². The van der Waals surface area contributed by atoms with Gasteiger partial charge in [0.2, 0.25) is 5.88 Å². The molecule has 18 heavy (non-hydrogen) atoms. The number of nitrogens with two attached hydrogens (primary N) is 1. The van der Waals surface area contributed by atoms with Crippen LogP contribution in [0.25, 0.3) is 0 Å². The number of hydrogen-bond donors (Lipinski definition) is 1. The Bertz CT molecular complexity index is 404. The maximum atomic E-state index is 5.98. The number of aromatic nitrogens is 1. The van der Waals surface area contributed by atoms with Crippen LogP contribution in [-0.2, 0) is 11.3 Å². The molecule has 0 spiro atoms. The van der Waals surface area contributed by atoms with Gasteiger partial charge in [-0.15, -0.1) is 0 Å². The van der Waals surface area contributed by atoms with Gasteiger partial charge in [-0.25, -0.2) is 4.98 Å². The number of ether oxygens (including phenoxy) is 2. The second-order valence-electron chi connectivity index (χ2n) is 4.79.